The van der Waals surface area contributed by atoms with Crippen LogP contribution in [0.4, 0.5) is 0 Å². The van der Waals surface area contributed by atoms with Crippen molar-refractivity contribution in [3.05, 3.63) is 35.5 Å². The van der Waals surface area contributed by atoms with Crippen LogP contribution in [-0.4, -0.2) is 33.8 Å². The third-order valence-corrected chi connectivity index (χ3v) is 2.97. The molecule has 0 N–H and O–H groups in total. The number of nitrogens with zero attached hydrogens (tertiary/aromatic N) is 4. The van der Waals surface area contributed by atoms with Crippen LogP contribution in [0.1, 0.15) is 39.3 Å². The van der Waals surface area contributed by atoms with Crippen molar-refractivity contribution < 1.29 is 17.1 Å². The number of hydrogen-bond donors (Lipinski definition) is 0. The minimum atomic E-state index is 0. The van der Waals surface area contributed by atoms with Gasteiger partial charge in [0.05, 0.1) is 5.69 Å². The van der Waals surface area contributed by atoms with Crippen molar-refractivity contribution >= 4 is 23.0 Å². The van der Waals surface area contributed by atoms with Crippen LogP contribution in [0.3, 0.4) is 0 Å². The van der Waals surface area contributed by atoms with Crippen molar-refractivity contribution in [3.63, 3.8) is 0 Å². The molecule has 0 aliphatic rings. The van der Waals surface area contributed by atoms with E-state index in [-0.39, 0.29) is 17.1 Å². The molecular formula is C14H22CuN4S+2. The van der Waals surface area contributed by atoms with Crippen LogP contribution in [-0.2, 0) is 29.3 Å². The molecule has 6 heteroatoms. The second-order valence-corrected chi connectivity index (χ2v) is 4.69. The molecule has 1 radical (unpaired) electrons. The van der Waals surface area contributed by atoms with Gasteiger partial charge in [-0.1, -0.05) is 19.9 Å². The third kappa shape index (κ3) is 6.57. The van der Waals surface area contributed by atoms with Gasteiger partial charge in [-0.3, -0.25) is 4.98 Å². The maximum absolute atomic E-state index is 4.43. The SMILES string of the molecule is CCCN(CCC)C(=[SH+])[N-]N=C(C)c1ccccn1.[Cu+2]. The molecule has 0 amide bonds. The zero-order valence-electron chi connectivity index (χ0n) is 12.2. The van der Waals surface area contributed by atoms with Gasteiger partial charge in [-0.15, -0.1) is 0 Å². The first-order valence-electron chi connectivity index (χ1n) is 6.66. The molecule has 0 saturated carbocycles. The molecule has 1 heterocycles. The van der Waals surface area contributed by atoms with Gasteiger partial charge < -0.3 is 10.5 Å². The Morgan fingerprint density at radius 2 is 1.95 bits per heavy atom. The monoisotopic (exact) mass is 341 g/mol. The number of aromatic nitrogens is 1. The molecule has 113 valence electrons. The summed E-state index contributed by atoms with van der Waals surface area (Å²) in [5.41, 5.74) is 5.82. The number of thiol groups is 1. The molecule has 0 atom stereocenters. The van der Waals surface area contributed by atoms with Crippen LogP contribution in [0.2, 0.25) is 0 Å². The maximum Gasteiger partial charge on any atom is 2.00 e. The summed E-state index contributed by atoms with van der Waals surface area (Å²) in [7, 11) is 0. The molecule has 0 unspecified atom stereocenters. The number of hydrogen-bond acceptors (Lipinski definition) is 2. The Morgan fingerprint density at radius 3 is 2.45 bits per heavy atom. The predicted molar refractivity (Wildman–Crippen MR) is 85.7 cm³/mol. The van der Waals surface area contributed by atoms with Crippen LogP contribution in [0.5, 0.6) is 0 Å². The van der Waals surface area contributed by atoms with Gasteiger partial charge in [0.25, 0.3) is 0 Å². The summed E-state index contributed by atoms with van der Waals surface area (Å²) in [5.74, 6) is 0. The summed E-state index contributed by atoms with van der Waals surface area (Å²) in [6.45, 7) is 8.10. The Morgan fingerprint density at radius 1 is 1.30 bits per heavy atom. The normalized spacial score (nSPS) is 11.1. The zero-order chi connectivity index (χ0) is 14.1. The third-order valence-electron chi connectivity index (χ3n) is 2.59. The van der Waals surface area contributed by atoms with Crippen molar-refractivity contribution in [2.75, 3.05) is 13.1 Å². The quantitative estimate of drug-likeness (QED) is 0.199. The zero-order valence-corrected chi connectivity index (χ0v) is 14.0. The van der Waals surface area contributed by atoms with Crippen LogP contribution < -0.4 is 0 Å². The predicted octanol–water partition coefficient (Wildman–Crippen LogP) is 2.67. The first kappa shape index (κ1) is 19.2. The van der Waals surface area contributed by atoms with Crippen LogP contribution in [0.25, 0.3) is 5.43 Å². The van der Waals surface area contributed by atoms with Crippen LogP contribution in [0.15, 0.2) is 29.5 Å². The average molecular weight is 342 g/mol. The fraction of sp³-hybridized carbons (Fsp3) is 0.500. The summed E-state index contributed by atoms with van der Waals surface area (Å²) >= 11 is 4.43. The summed E-state index contributed by atoms with van der Waals surface area (Å²) in [6, 6.07) is 5.74. The Hall–Kier alpha value is -0.811. The van der Waals surface area contributed by atoms with Gasteiger partial charge in [0.1, 0.15) is 0 Å². The van der Waals surface area contributed by atoms with Crippen molar-refractivity contribution in [3.8, 4) is 0 Å². The van der Waals surface area contributed by atoms with Gasteiger partial charge in [-0.2, -0.15) is 0 Å². The molecule has 0 bridgehead atoms. The second kappa shape index (κ2) is 10.9. The van der Waals surface area contributed by atoms with Crippen LogP contribution in [0, 0.1) is 0 Å². The van der Waals surface area contributed by atoms with E-state index in [9.17, 15) is 0 Å². The van der Waals surface area contributed by atoms with Crippen LogP contribution >= 0.6 is 0 Å². The van der Waals surface area contributed by atoms with E-state index in [4.69, 9.17) is 0 Å². The topological polar surface area (TPSA) is 42.6 Å². The van der Waals surface area contributed by atoms with Gasteiger partial charge in [0, 0.05) is 25.0 Å². The van der Waals surface area contributed by atoms with Gasteiger partial charge in [0.2, 0.25) is 0 Å². The van der Waals surface area contributed by atoms with E-state index in [2.05, 4.69) is 46.5 Å². The summed E-state index contributed by atoms with van der Waals surface area (Å²) in [4.78, 5) is 6.37. The minimum absolute atomic E-state index is 0. The Labute approximate surface area is 137 Å². The van der Waals surface area contributed by atoms with Crippen molar-refractivity contribution in [2.45, 2.75) is 33.6 Å². The van der Waals surface area contributed by atoms with Crippen molar-refractivity contribution in [1.29, 1.82) is 0 Å². The fourth-order valence-corrected chi connectivity index (χ4v) is 1.91. The Balaban J connectivity index is 0.00000361. The first-order chi connectivity index (χ1) is 9.19. The second-order valence-electron chi connectivity index (χ2n) is 4.29. The van der Waals surface area contributed by atoms with E-state index in [1.807, 2.05) is 25.1 Å². The first-order valence-corrected chi connectivity index (χ1v) is 7.11. The van der Waals surface area contributed by atoms with Gasteiger partial charge in [-0.05, 0) is 31.9 Å². The number of rotatable bonds is 6. The molecule has 0 aliphatic carbocycles. The van der Waals surface area contributed by atoms with Crippen molar-refractivity contribution in [1.82, 2.24) is 9.88 Å². The number of pyridine rings is 1. The van der Waals surface area contributed by atoms with E-state index >= 15 is 0 Å². The molecule has 0 aliphatic heterocycles. The average Bonchev–Trinajstić information content (AvgIpc) is 2.45. The van der Waals surface area contributed by atoms with E-state index in [0.29, 0.717) is 5.11 Å². The largest absolute Gasteiger partial charge is 2.00 e. The molecule has 20 heavy (non-hydrogen) atoms. The van der Waals surface area contributed by atoms with E-state index < -0.39 is 0 Å². The standard InChI is InChI=1S/C14H22N4S.Cu/c1-4-10-18(11-5-2)14(19)17-16-12(3)13-8-6-7-9-15-13;/h6-9H,4-5,10-11H2,1-3H3,(H,15,17,19);/q;+2. The molecule has 0 saturated heterocycles. The van der Waals surface area contributed by atoms with Crippen molar-refractivity contribution in [2.24, 2.45) is 5.10 Å². The van der Waals surface area contributed by atoms with E-state index in [1.165, 1.54) is 0 Å². The van der Waals surface area contributed by atoms with E-state index in [1.54, 1.807) is 6.20 Å². The van der Waals surface area contributed by atoms with Gasteiger partial charge in [-0.25, -0.2) is 4.90 Å². The molecule has 1 aromatic heterocycles. The summed E-state index contributed by atoms with van der Waals surface area (Å²) in [5, 5.41) is 4.87. The van der Waals surface area contributed by atoms with Gasteiger partial charge >= 0.3 is 17.1 Å². The Bertz CT molecular complexity index is 416. The van der Waals surface area contributed by atoms with E-state index in [0.717, 1.165) is 37.3 Å². The maximum atomic E-state index is 4.43. The molecular weight excluding hydrogens is 320 g/mol. The Kier molecular flexibility index (Phi) is 10.5. The molecule has 0 aromatic carbocycles. The molecule has 1 rings (SSSR count). The fourth-order valence-electron chi connectivity index (χ4n) is 1.66. The van der Waals surface area contributed by atoms with Gasteiger partial charge in [0.15, 0.2) is 17.3 Å². The summed E-state index contributed by atoms with van der Waals surface area (Å²) < 4.78 is 0. The molecule has 0 spiro atoms. The molecule has 0 fully saturated rings. The smallest absolute Gasteiger partial charge is 0.515 e. The summed E-state index contributed by atoms with van der Waals surface area (Å²) in [6.07, 6.45) is 3.89. The minimum Gasteiger partial charge on any atom is -0.515 e. The molecule has 1 aromatic rings. The molecule has 4 nitrogen and oxygen atoms in total.